The van der Waals surface area contributed by atoms with Crippen LogP contribution >= 0.6 is 12.2 Å². The first kappa shape index (κ1) is 9.74. The van der Waals surface area contributed by atoms with Gasteiger partial charge in [0.05, 0.1) is 12.6 Å². The minimum atomic E-state index is 0.396. The van der Waals surface area contributed by atoms with E-state index in [1.54, 1.807) is 0 Å². The molecule has 1 atom stereocenters. The van der Waals surface area contributed by atoms with Crippen LogP contribution in [0.2, 0.25) is 0 Å². The quantitative estimate of drug-likeness (QED) is 0.623. The minimum Gasteiger partial charge on any atom is -0.379 e. The predicted octanol–water partition coefficient (Wildman–Crippen LogP) is 0.648. The van der Waals surface area contributed by atoms with E-state index >= 15 is 0 Å². The number of ether oxygens (including phenoxy) is 1. The smallest absolute Gasteiger partial charge is 0.166 e. The van der Waals surface area contributed by atoms with Crippen LogP contribution in [0.5, 0.6) is 0 Å². The van der Waals surface area contributed by atoms with E-state index in [0.717, 1.165) is 24.7 Å². The van der Waals surface area contributed by atoms with E-state index in [1.807, 2.05) is 0 Å². The maximum atomic E-state index is 5.21. The van der Waals surface area contributed by atoms with Crippen molar-refractivity contribution >= 4 is 17.3 Å². The van der Waals surface area contributed by atoms with Gasteiger partial charge < -0.3 is 15.4 Å². The second-order valence-corrected chi connectivity index (χ2v) is 3.74. The summed E-state index contributed by atoms with van der Waals surface area (Å²) in [5.41, 5.74) is 0. The summed E-state index contributed by atoms with van der Waals surface area (Å²) in [7, 11) is 0. The molecule has 0 aromatic rings. The lowest BCUT2D eigenvalue weighted by atomic mass is 10.3. The van der Waals surface area contributed by atoms with Crippen LogP contribution in [0.1, 0.15) is 20.3 Å². The molecule has 0 amide bonds. The van der Waals surface area contributed by atoms with Crippen molar-refractivity contribution in [3.05, 3.63) is 0 Å². The van der Waals surface area contributed by atoms with Crippen molar-refractivity contribution in [2.75, 3.05) is 13.2 Å². The topological polar surface area (TPSA) is 33.3 Å². The van der Waals surface area contributed by atoms with Gasteiger partial charge in [-0.15, -0.1) is 0 Å². The Morgan fingerprint density at radius 1 is 1.58 bits per heavy atom. The molecule has 0 aromatic heterocycles. The van der Waals surface area contributed by atoms with E-state index in [1.165, 1.54) is 0 Å². The number of rotatable bonds is 2. The van der Waals surface area contributed by atoms with Crippen molar-refractivity contribution in [2.24, 2.45) is 0 Å². The van der Waals surface area contributed by atoms with Crippen molar-refractivity contribution < 1.29 is 4.74 Å². The standard InChI is InChI=1S/C8H16N2OS/c1-6(2)9-8(12)10-7-3-4-11-5-7/h6-7H,3-5H2,1-2H3,(H2,9,10,12). The molecule has 1 heterocycles. The molecule has 1 aliphatic heterocycles. The van der Waals surface area contributed by atoms with Crippen molar-refractivity contribution in [3.63, 3.8) is 0 Å². The molecule has 0 bridgehead atoms. The van der Waals surface area contributed by atoms with Crippen molar-refractivity contribution in [2.45, 2.75) is 32.4 Å². The molecule has 1 unspecified atom stereocenters. The Labute approximate surface area is 78.9 Å². The van der Waals surface area contributed by atoms with Crippen molar-refractivity contribution in [3.8, 4) is 0 Å². The van der Waals surface area contributed by atoms with Gasteiger partial charge in [0.1, 0.15) is 0 Å². The minimum absolute atomic E-state index is 0.396. The van der Waals surface area contributed by atoms with E-state index in [9.17, 15) is 0 Å². The van der Waals surface area contributed by atoms with Gasteiger partial charge in [-0.2, -0.15) is 0 Å². The molecule has 70 valence electrons. The maximum Gasteiger partial charge on any atom is 0.166 e. The van der Waals surface area contributed by atoms with Gasteiger partial charge in [0, 0.05) is 12.6 Å². The monoisotopic (exact) mass is 188 g/mol. The zero-order chi connectivity index (χ0) is 8.97. The third kappa shape index (κ3) is 3.36. The van der Waals surface area contributed by atoms with Gasteiger partial charge in [0.25, 0.3) is 0 Å². The van der Waals surface area contributed by atoms with E-state index in [0.29, 0.717) is 12.1 Å². The Bertz CT molecular complexity index is 155. The highest BCUT2D eigenvalue weighted by Gasteiger charge is 2.15. The molecule has 12 heavy (non-hydrogen) atoms. The highest BCUT2D eigenvalue weighted by atomic mass is 32.1. The van der Waals surface area contributed by atoms with Crippen LogP contribution in [0.15, 0.2) is 0 Å². The second kappa shape index (κ2) is 4.62. The molecular formula is C8H16N2OS. The van der Waals surface area contributed by atoms with Gasteiger partial charge >= 0.3 is 0 Å². The summed E-state index contributed by atoms with van der Waals surface area (Å²) in [5.74, 6) is 0. The summed E-state index contributed by atoms with van der Waals surface area (Å²) >= 11 is 5.09. The summed E-state index contributed by atoms with van der Waals surface area (Å²) in [6.45, 7) is 5.76. The SMILES string of the molecule is CC(C)NC(=S)NC1CCOC1. The van der Waals surface area contributed by atoms with Gasteiger partial charge in [-0.1, -0.05) is 0 Å². The lowest BCUT2D eigenvalue weighted by Gasteiger charge is -2.16. The largest absolute Gasteiger partial charge is 0.379 e. The van der Waals surface area contributed by atoms with Gasteiger partial charge in [-0.25, -0.2) is 0 Å². The molecule has 2 N–H and O–H groups in total. The molecule has 0 aliphatic carbocycles. The van der Waals surface area contributed by atoms with Gasteiger partial charge in [-0.3, -0.25) is 0 Å². The second-order valence-electron chi connectivity index (χ2n) is 3.33. The average molecular weight is 188 g/mol. The molecule has 1 fully saturated rings. The molecule has 0 aromatic carbocycles. The number of hydrogen-bond donors (Lipinski definition) is 2. The Kier molecular flexibility index (Phi) is 3.75. The van der Waals surface area contributed by atoms with Gasteiger partial charge in [0.2, 0.25) is 0 Å². The molecule has 1 aliphatic rings. The summed E-state index contributed by atoms with van der Waals surface area (Å²) < 4.78 is 5.21. The fourth-order valence-corrected chi connectivity index (χ4v) is 1.54. The Morgan fingerprint density at radius 3 is 2.83 bits per heavy atom. The van der Waals surface area contributed by atoms with Crippen LogP contribution in [0.25, 0.3) is 0 Å². The summed E-state index contributed by atoms with van der Waals surface area (Å²) in [6, 6.07) is 0.802. The molecule has 0 saturated carbocycles. The Hall–Kier alpha value is -0.350. The fraction of sp³-hybridized carbons (Fsp3) is 0.875. The molecule has 1 saturated heterocycles. The fourth-order valence-electron chi connectivity index (χ4n) is 1.14. The van der Waals surface area contributed by atoms with E-state index in [-0.39, 0.29) is 0 Å². The third-order valence-corrected chi connectivity index (χ3v) is 1.92. The summed E-state index contributed by atoms with van der Waals surface area (Å²) in [6.07, 6.45) is 1.06. The lowest BCUT2D eigenvalue weighted by Crippen LogP contribution is -2.44. The zero-order valence-electron chi connectivity index (χ0n) is 7.59. The Morgan fingerprint density at radius 2 is 2.33 bits per heavy atom. The first-order chi connectivity index (χ1) is 5.68. The molecule has 3 nitrogen and oxygen atoms in total. The molecule has 0 spiro atoms. The maximum absolute atomic E-state index is 5.21. The number of thiocarbonyl (C=S) groups is 1. The van der Waals surface area contributed by atoms with Crippen molar-refractivity contribution in [1.82, 2.24) is 10.6 Å². The molecular weight excluding hydrogens is 172 g/mol. The normalized spacial score (nSPS) is 22.8. The third-order valence-electron chi connectivity index (χ3n) is 1.68. The molecule has 4 heteroatoms. The van der Waals surface area contributed by atoms with E-state index in [4.69, 9.17) is 17.0 Å². The number of nitrogens with one attached hydrogen (secondary N) is 2. The summed E-state index contributed by atoms with van der Waals surface area (Å²) in [4.78, 5) is 0. The first-order valence-corrected chi connectivity index (χ1v) is 4.74. The molecule has 1 rings (SSSR count). The van der Waals surface area contributed by atoms with Crippen LogP contribution in [-0.2, 0) is 4.74 Å². The van der Waals surface area contributed by atoms with Crippen LogP contribution in [0.3, 0.4) is 0 Å². The van der Waals surface area contributed by atoms with E-state index in [2.05, 4.69) is 24.5 Å². The van der Waals surface area contributed by atoms with Gasteiger partial charge in [-0.05, 0) is 32.5 Å². The summed E-state index contributed by atoms with van der Waals surface area (Å²) in [5, 5.41) is 7.08. The van der Waals surface area contributed by atoms with Crippen LogP contribution in [0.4, 0.5) is 0 Å². The van der Waals surface area contributed by atoms with Gasteiger partial charge in [0.15, 0.2) is 5.11 Å². The lowest BCUT2D eigenvalue weighted by molar-refractivity contribution is 0.192. The van der Waals surface area contributed by atoms with Crippen molar-refractivity contribution in [1.29, 1.82) is 0 Å². The van der Waals surface area contributed by atoms with Crippen LogP contribution < -0.4 is 10.6 Å². The van der Waals surface area contributed by atoms with Crippen LogP contribution in [-0.4, -0.2) is 30.4 Å². The number of hydrogen-bond acceptors (Lipinski definition) is 2. The first-order valence-electron chi connectivity index (χ1n) is 4.33. The molecule has 0 radical (unpaired) electrons. The van der Waals surface area contributed by atoms with E-state index < -0.39 is 0 Å². The van der Waals surface area contributed by atoms with Crippen LogP contribution in [0, 0.1) is 0 Å². The Balaban J connectivity index is 2.16. The zero-order valence-corrected chi connectivity index (χ0v) is 8.41. The average Bonchev–Trinajstić information content (AvgIpc) is 2.37. The highest BCUT2D eigenvalue weighted by molar-refractivity contribution is 7.80. The highest BCUT2D eigenvalue weighted by Crippen LogP contribution is 2.02. The predicted molar refractivity (Wildman–Crippen MR) is 53.2 cm³/mol.